The highest BCUT2D eigenvalue weighted by Gasteiger charge is 2.44. The van der Waals surface area contributed by atoms with Crippen LogP contribution in [0.1, 0.15) is 56.7 Å². The second-order valence-corrected chi connectivity index (χ2v) is 8.02. The van der Waals surface area contributed by atoms with E-state index in [4.69, 9.17) is 0 Å². The molecule has 2 nitrogen and oxygen atoms in total. The number of halogens is 1. The molecule has 0 spiro atoms. The van der Waals surface area contributed by atoms with Crippen molar-refractivity contribution in [3.8, 4) is 5.69 Å². The van der Waals surface area contributed by atoms with Crippen molar-refractivity contribution in [3.05, 3.63) is 65.8 Å². The Kier molecular flexibility index (Phi) is 5.95. The number of nitrogens with zero attached hydrogens (tertiary/aromatic N) is 2. The summed E-state index contributed by atoms with van der Waals surface area (Å²) in [5.41, 5.74) is 5.27. The summed E-state index contributed by atoms with van der Waals surface area (Å²) >= 11 is 0. The van der Waals surface area contributed by atoms with Gasteiger partial charge >= 0.3 is 0 Å². The molecule has 1 fully saturated rings. The minimum atomic E-state index is -0.212. The Bertz CT molecular complexity index is 837. The van der Waals surface area contributed by atoms with Gasteiger partial charge in [0, 0.05) is 0 Å². The SMILES string of the molecule is C=CCCCCC1CCC2=Cc3c(cnn3-c3ccc(F)cc3)C[C@@]21C.S. The molecule has 0 N–H and O–H groups in total. The summed E-state index contributed by atoms with van der Waals surface area (Å²) in [5.74, 6) is 0.552. The Morgan fingerprint density at radius 2 is 2.07 bits per heavy atom. The molecule has 1 heterocycles. The van der Waals surface area contributed by atoms with E-state index in [0.717, 1.165) is 24.4 Å². The zero-order chi connectivity index (χ0) is 18.1. The number of hydrogen-bond donors (Lipinski definition) is 0. The molecular weight excluding hydrogens is 355 g/mol. The molecule has 2 aliphatic carbocycles. The number of allylic oxidation sites excluding steroid dienone is 2. The van der Waals surface area contributed by atoms with Gasteiger partial charge in [0.15, 0.2) is 0 Å². The Hall–Kier alpha value is -1.81. The monoisotopic (exact) mass is 384 g/mol. The van der Waals surface area contributed by atoms with Gasteiger partial charge in [-0.1, -0.05) is 25.0 Å². The molecular formula is C23H29FN2S. The van der Waals surface area contributed by atoms with Crippen molar-refractivity contribution in [1.82, 2.24) is 9.78 Å². The molecule has 0 bridgehead atoms. The molecule has 0 radical (unpaired) electrons. The number of unbranched alkanes of at least 4 members (excludes halogenated alkanes) is 2. The highest BCUT2D eigenvalue weighted by atomic mass is 32.1. The first-order valence-corrected chi connectivity index (χ1v) is 9.76. The van der Waals surface area contributed by atoms with E-state index in [1.54, 1.807) is 17.7 Å². The van der Waals surface area contributed by atoms with E-state index in [1.807, 2.05) is 17.0 Å². The zero-order valence-corrected chi connectivity index (χ0v) is 17.0. The summed E-state index contributed by atoms with van der Waals surface area (Å²) in [7, 11) is 0. The summed E-state index contributed by atoms with van der Waals surface area (Å²) in [6.45, 7) is 6.27. The lowest BCUT2D eigenvalue weighted by atomic mass is 9.68. The lowest BCUT2D eigenvalue weighted by Gasteiger charge is -2.36. The van der Waals surface area contributed by atoms with Crippen molar-refractivity contribution in [2.75, 3.05) is 0 Å². The summed E-state index contributed by atoms with van der Waals surface area (Å²) in [5, 5.41) is 4.61. The first-order valence-electron chi connectivity index (χ1n) is 9.76. The summed E-state index contributed by atoms with van der Waals surface area (Å²) in [6.07, 6.45) is 14.9. The van der Waals surface area contributed by atoms with Crippen LogP contribution in [-0.2, 0) is 6.42 Å². The average molecular weight is 385 g/mol. The van der Waals surface area contributed by atoms with Crippen molar-refractivity contribution in [3.63, 3.8) is 0 Å². The highest BCUT2D eigenvalue weighted by Crippen LogP contribution is 2.54. The van der Waals surface area contributed by atoms with Crippen molar-refractivity contribution in [1.29, 1.82) is 0 Å². The molecule has 2 atom stereocenters. The van der Waals surface area contributed by atoms with Gasteiger partial charge in [-0.05, 0) is 85.8 Å². The summed E-state index contributed by atoms with van der Waals surface area (Å²) in [4.78, 5) is 0. The Morgan fingerprint density at radius 3 is 2.81 bits per heavy atom. The van der Waals surface area contributed by atoms with Crippen LogP contribution in [0.15, 0.2) is 48.7 Å². The quantitative estimate of drug-likeness (QED) is 0.426. The maximum Gasteiger partial charge on any atom is 0.123 e. The van der Waals surface area contributed by atoms with Gasteiger partial charge in [-0.15, -0.1) is 6.58 Å². The third kappa shape index (κ3) is 3.64. The molecule has 1 aromatic heterocycles. The molecule has 1 aromatic carbocycles. The van der Waals surface area contributed by atoms with Crippen LogP contribution in [0.2, 0.25) is 0 Å². The Morgan fingerprint density at radius 1 is 1.30 bits per heavy atom. The van der Waals surface area contributed by atoms with Crippen LogP contribution < -0.4 is 0 Å². The molecule has 4 rings (SSSR count). The minimum Gasteiger partial charge on any atom is -0.233 e. The fraction of sp³-hybridized carbons (Fsp3) is 0.435. The van der Waals surface area contributed by atoms with Gasteiger partial charge in [-0.25, -0.2) is 9.07 Å². The van der Waals surface area contributed by atoms with E-state index in [-0.39, 0.29) is 24.7 Å². The largest absolute Gasteiger partial charge is 0.233 e. The fourth-order valence-corrected chi connectivity index (χ4v) is 4.86. The summed E-state index contributed by atoms with van der Waals surface area (Å²) < 4.78 is 15.2. The van der Waals surface area contributed by atoms with E-state index in [1.165, 1.54) is 55.5 Å². The molecule has 1 unspecified atom stereocenters. The second kappa shape index (κ2) is 8.05. The average Bonchev–Trinajstić information content (AvgIpc) is 3.17. The maximum absolute atomic E-state index is 13.2. The van der Waals surface area contributed by atoms with Gasteiger partial charge in [-0.2, -0.15) is 18.6 Å². The van der Waals surface area contributed by atoms with Gasteiger partial charge in [0.05, 0.1) is 17.6 Å². The fourth-order valence-electron chi connectivity index (χ4n) is 4.86. The molecule has 0 amide bonds. The number of benzene rings is 1. The van der Waals surface area contributed by atoms with Crippen LogP contribution in [0.25, 0.3) is 11.8 Å². The van der Waals surface area contributed by atoms with Crippen LogP contribution in [0.5, 0.6) is 0 Å². The van der Waals surface area contributed by atoms with Crippen LogP contribution >= 0.6 is 13.5 Å². The predicted octanol–water partition coefficient (Wildman–Crippen LogP) is 6.23. The van der Waals surface area contributed by atoms with E-state index in [2.05, 4.69) is 24.7 Å². The van der Waals surface area contributed by atoms with Crippen LogP contribution in [0.4, 0.5) is 4.39 Å². The van der Waals surface area contributed by atoms with E-state index >= 15 is 0 Å². The zero-order valence-electron chi connectivity index (χ0n) is 16.0. The predicted molar refractivity (Wildman–Crippen MR) is 115 cm³/mol. The standard InChI is InChI=1S/C23H27FN2.H2S/c1-3-4-5-6-7-18-8-9-19-14-22-17(15-23(18,19)2)16-25-26(22)21-12-10-20(24)11-13-21;/h3,10-14,16,18H,1,4-9,15H2,2H3;1H2/t18?,23-;/m1./s1. The molecule has 0 aliphatic heterocycles. The molecule has 2 aromatic rings. The molecule has 144 valence electrons. The maximum atomic E-state index is 13.2. The molecule has 0 saturated heterocycles. The summed E-state index contributed by atoms with van der Waals surface area (Å²) in [6, 6.07) is 6.59. The van der Waals surface area contributed by atoms with Crippen molar-refractivity contribution in [2.24, 2.45) is 11.3 Å². The smallest absolute Gasteiger partial charge is 0.123 e. The topological polar surface area (TPSA) is 17.8 Å². The Balaban J connectivity index is 0.00000210. The highest BCUT2D eigenvalue weighted by molar-refractivity contribution is 7.59. The van der Waals surface area contributed by atoms with Crippen molar-refractivity contribution < 1.29 is 4.39 Å². The molecule has 27 heavy (non-hydrogen) atoms. The third-order valence-corrected chi connectivity index (χ3v) is 6.43. The normalized spacial score (nSPS) is 23.2. The number of fused-ring (bicyclic) bond motifs is 2. The lowest BCUT2D eigenvalue weighted by Crippen LogP contribution is -2.28. The van der Waals surface area contributed by atoms with Gasteiger partial charge in [0.25, 0.3) is 0 Å². The van der Waals surface area contributed by atoms with E-state index in [0.29, 0.717) is 0 Å². The molecule has 2 aliphatic rings. The molecule has 4 heteroatoms. The second-order valence-electron chi connectivity index (χ2n) is 8.02. The third-order valence-electron chi connectivity index (χ3n) is 6.43. The van der Waals surface area contributed by atoms with Gasteiger partial charge in [0.2, 0.25) is 0 Å². The first kappa shape index (κ1) is 19.9. The van der Waals surface area contributed by atoms with Crippen molar-refractivity contribution in [2.45, 2.75) is 51.9 Å². The van der Waals surface area contributed by atoms with Crippen molar-refractivity contribution >= 4 is 19.6 Å². The van der Waals surface area contributed by atoms with Crippen LogP contribution in [0.3, 0.4) is 0 Å². The lowest BCUT2D eigenvalue weighted by molar-refractivity contribution is 0.250. The van der Waals surface area contributed by atoms with E-state index < -0.39 is 0 Å². The first-order chi connectivity index (χ1) is 12.6. The number of rotatable bonds is 6. The number of aromatic nitrogens is 2. The minimum absolute atomic E-state index is 0. The molecule has 1 saturated carbocycles. The van der Waals surface area contributed by atoms with Gasteiger partial charge in [-0.3, -0.25) is 0 Å². The van der Waals surface area contributed by atoms with Gasteiger partial charge < -0.3 is 0 Å². The van der Waals surface area contributed by atoms with Gasteiger partial charge in [0.1, 0.15) is 5.82 Å². The van der Waals surface area contributed by atoms with Crippen LogP contribution in [-0.4, -0.2) is 9.78 Å². The Labute approximate surface area is 168 Å². The van der Waals surface area contributed by atoms with Crippen LogP contribution in [0, 0.1) is 17.2 Å². The number of hydrogen-bond acceptors (Lipinski definition) is 1. The van der Waals surface area contributed by atoms with E-state index in [9.17, 15) is 4.39 Å².